The zero-order valence-electron chi connectivity index (χ0n) is 15.2. The third-order valence-electron chi connectivity index (χ3n) is 4.64. The Morgan fingerprint density at radius 3 is 2.12 bits per heavy atom. The third kappa shape index (κ3) is 3.23. The summed E-state index contributed by atoms with van der Waals surface area (Å²) in [6, 6.07) is 13.6. The molecule has 2 aromatic rings. The standard InChI is InChI=1S/C19H22O6S/c1-18(13-26(20,21)15-11-9-14(22-3)10-12-15)16-7-5-6-8-17(16)19(2,23-4)25-24-18/h5-12H,13H2,1-4H3/t18-,19+/m1/s1. The van der Waals surface area contributed by atoms with Gasteiger partial charge in [-0.25, -0.2) is 13.3 Å². The average molecular weight is 378 g/mol. The molecule has 0 bridgehead atoms. The summed E-state index contributed by atoms with van der Waals surface area (Å²) in [4.78, 5) is 11.2. The Hall–Kier alpha value is -1.93. The van der Waals surface area contributed by atoms with Gasteiger partial charge in [-0.1, -0.05) is 24.3 Å². The van der Waals surface area contributed by atoms with Crippen LogP contribution in [0.2, 0.25) is 0 Å². The molecular weight excluding hydrogens is 356 g/mol. The van der Waals surface area contributed by atoms with Gasteiger partial charge in [0.25, 0.3) is 0 Å². The van der Waals surface area contributed by atoms with Gasteiger partial charge in [-0.05, 0) is 43.7 Å². The van der Waals surface area contributed by atoms with Crippen molar-refractivity contribution in [3.05, 3.63) is 59.7 Å². The number of sulfone groups is 1. The van der Waals surface area contributed by atoms with Crippen molar-refractivity contribution >= 4 is 9.84 Å². The fourth-order valence-corrected chi connectivity index (χ4v) is 4.72. The van der Waals surface area contributed by atoms with Crippen LogP contribution in [-0.4, -0.2) is 28.4 Å². The lowest BCUT2D eigenvalue weighted by atomic mass is 9.88. The van der Waals surface area contributed by atoms with Crippen LogP contribution in [0.25, 0.3) is 0 Å². The maximum Gasteiger partial charge on any atom is 0.225 e. The summed E-state index contributed by atoms with van der Waals surface area (Å²) >= 11 is 0. The number of methoxy groups -OCH3 is 2. The predicted octanol–water partition coefficient (Wildman–Crippen LogP) is 3.17. The second kappa shape index (κ2) is 6.66. The van der Waals surface area contributed by atoms with E-state index in [0.29, 0.717) is 11.3 Å². The van der Waals surface area contributed by atoms with Gasteiger partial charge in [-0.15, -0.1) is 0 Å². The first-order chi connectivity index (χ1) is 12.2. The smallest absolute Gasteiger partial charge is 0.225 e. The molecule has 7 heteroatoms. The first kappa shape index (κ1) is 18.8. The van der Waals surface area contributed by atoms with Gasteiger partial charge in [0.15, 0.2) is 9.84 Å². The fraction of sp³-hybridized carbons (Fsp3) is 0.368. The molecule has 1 aliphatic heterocycles. The lowest BCUT2D eigenvalue weighted by Gasteiger charge is -2.42. The third-order valence-corrected chi connectivity index (χ3v) is 6.57. The van der Waals surface area contributed by atoms with E-state index in [0.717, 1.165) is 5.56 Å². The molecule has 1 heterocycles. The van der Waals surface area contributed by atoms with Crippen molar-refractivity contribution in [3.8, 4) is 5.75 Å². The highest BCUT2D eigenvalue weighted by Crippen LogP contribution is 2.43. The Kier molecular flexibility index (Phi) is 4.83. The van der Waals surface area contributed by atoms with Crippen LogP contribution in [-0.2, 0) is 35.7 Å². The van der Waals surface area contributed by atoms with Gasteiger partial charge in [0.05, 0.1) is 17.8 Å². The maximum absolute atomic E-state index is 12.9. The SMILES string of the molecule is COc1ccc(S(=O)(=O)C[C@@]2(C)OO[C@](C)(OC)c3ccccc32)cc1. The largest absolute Gasteiger partial charge is 0.497 e. The minimum atomic E-state index is -3.63. The molecule has 3 rings (SSSR count). The summed E-state index contributed by atoms with van der Waals surface area (Å²) in [5.41, 5.74) is 0.279. The highest BCUT2D eigenvalue weighted by molar-refractivity contribution is 7.91. The van der Waals surface area contributed by atoms with Crippen LogP contribution < -0.4 is 4.74 Å². The second-order valence-corrected chi connectivity index (χ2v) is 8.52. The topological polar surface area (TPSA) is 71.1 Å². The molecular formula is C19H22O6S. The van der Waals surface area contributed by atoms with Crippen molar-refractivity contribution < 1.29 is 27.7 Å². The van der Waals surface area contributed by atoms with Gasteiger partial charge in [0, 0.05) is 12.7 Å². The van der Waals surface area contributed by atoms with E-state index in [-0.39, 0.29) is 10.6 Å². The summed E-state index contributed by atoms with van der Waals surface area (Å²) in [6.07, 6.45) is 0. The van der Waals surface area contributed by atoms with E-state index in [9.17, 15) is 8.42 Å². The Morgan fingerprint density at radius 1 is 0.923 bits per heavy atom. The van der Waals surface area contributed by atoms with E-state index in [1.165, 1.54) is 26.4 Å². The van der Waals surface area contributed by atoms with Crippen molar-refractivity contribution in [1.29, 1.82) is 0 Å². The van der Waals surface area contributed by atoms with Gasteiger partial charge >= 0.3 is 0 Å². The van der Waals surface area contributed by atoms with Crippen molar-refractivity contribution in [2.45, 2.75) is 30.1 Å². The van der Waals surface area contributed by atoms with E-state index >= 15 is 0 Å². The van der Waals surface area contributed by atoms with Crippen molar-refractivity contribution in [2.75, 3.05) is 20.0 Å². The van der Waals surface area contributed by atoms with E-state index < -0.39 is 21.2 Å². The number of hydrogen-bond donors (Lipinski definition) is 0. The van der Waals surface area contributed by atoms with Crippen LogP contribution in [0.1, 0.15) is 25.0 Å². The van der Waals surface area contributed by atoms with E-state index in [4.69, 9.17) is 19.2 Å². The zero-order valence-corrected chi connectivity index (χ0v) is 16.0. The molecule has 0 saturated carbocycles. The van der Waals surface area contributed by atoms with Crippen molar-refractivity contribution in [3.63, 3.8) is 0 Å². The van der Waals surface area contributed by atoms with Gasteiger partial charge in [0.1, 0.15) is 11.4 Å². The Labute approximate surface area is 153 Å². The Bertz CT molecular complexity index is 893. The monoisotopic (exact) mass is 378 g/mol. The number of benzene rings is 2. The molecule has 6 nitrogen and oxygen atoms in total. The first-order valence-electron chi connectivity index (χ1n) is 8.13. The van der Waals surface area contributed by atoms with Crippen molar-refractivity contribution in [2.24, 2.45) is 0 Å². The maximum atomic E-state index is 12.9. The molecule has 140 valence electrons. The quantitative estimate of drug-likeness (QED) is 0.745. The molecule has 0 N–H and O–H groups in total. The van der Waals surface area contributed by atoms with Gasteiger partial charge in [-0.2, -0.15) is 4.89 Å². The average Bonchev–Trinajstić information content (AvgIpc) is 2.65. The lowest BCUT2D eigenvalue weighted by Crippen LogP contribution is -2.45. The van der Waals surface area contributed by atoms with Crippen molar-refractivity contribution in [1.82, 2.24) is 0 Å². The number of hydrogen-bond acceptors (Lipinski definition) is 6. The van der Waals surface area contributed by atoms with Gasteiger partial charge in [0.2, 0.25) is 5.79 Å². The molecule has 2 atom stereocenters. The Morgan fingerprint density at radius 2 is 1.54 bits per heavy atom. The van der Waals surface area contributed by atoms with Crippen LogP contribution in [0.15, 0.2) is 53.4 Å². The molecule has 0 amide bonds. The zero-order chi connectivity index (χ0) is 19.0. The fourth-order valence-electron chi connectivity index (χ4n) is 3.08. The first-order valence-corrected chi connectivity index (χ1v) is 9.78. The summed E-state index contributed by atoms with van der Waals surface area (Å²) < 4.78 is 36.4. The molecule has 0 spiro atoms. The highest BCUT2D eigenvalue weighted by Gasteiger charge is 2.47. The predicted molar refractivity (Wildman–Crippen MR) is 95.4 cm³/mol. The molecule has 0 unspecified atom stereocenters. The van der Waals surface area contributed by atoms with Crippen LogP contribution in [0.3, 0.4) is 0 Å². The summed E-state index contributed by atoms with van der Waals surface area (Å²) in [5.74, 6) is -0.781. The number of ether oxygens (including phenoxy) is 2. The number of fused-ring (bicyclic) bond motifs is 1. The van der Waals surface area contributed by atoms with Crippen LogP contribution in [0.5, 0.6) is 5.75 Å². The van der Waals surface area contributed by atoms with Crippen LogP contribution in [0, 0.1) is 0 Å². The minimum Gasteiger partial charge on any atom is -0.497 e. The lowest BCUT2D eigenvalue weighted by molar-refractivity contribution is -0.475. The summed E-state index contributed by atoms with van der Waals surface area (Å²) in [6.45, 7) is 3.42. The molecule has 0 saturated heterocycles. The van der Waals surface area contributed by atoms with Gasteiger partial charge < -0.3 is 9.47 Å². The van der Waals surface area contributed by atoms with E-state index in [2.05, 4.69) is 0 Å². The molecule has 0 radical (unpaired) electrons. The second-order valence-electron chi connectivity index (χ2n) is 6.53. The summed E-state index contributed by atoms with van der Waals surface area (Å²) in [7, 11) is -0.591. The Balaban J connectivity index is 1.99. The van der Waals surface area contributed by atoms with E-state index in [1.807, 2.05) is 24.3 Å². The number of rotatable bonds is 5. The molecule has 0 fully saturated rings. The van der Waals surface area contributed by atoms with Crippen LogP contribution >= 0.6 is 0 Å². The van der Waals surface area contributed by atoms with Crippen LogP contribution in [0.4, 0.5) is 0 Å². The molecule has 0 aromatic heterocycles. The van der Waals surface area contributed by atoms with E-state index in [1.54, 1.807) is 26.0 Å². The highest BCUT2D eigenvalue weighted by atomic mass is 32.2. The molecule has 26 heavy (non-hydrogen) atoms. The normalized spacial score (nSPS) is 25.5. The molecule has 0 aliphatic carbocycles. The summed E-state index contributed by atoms with van der Waals surface area (Å²) in [5, 5.41) is 0. The van der Waals surface area contributed by atoms with Gasteiger partial charge in [-0.3, -0.25) is 0 Å². The molecule has 2 aromatic carbocycles. The molecule has 1 aliphatic rings. The minimum absolute atomic E-state index is 0.195.